The Balaban J connectivity index is 1.66. The number of aliphatic imine (C=N–C) groups is 1. The van der Waals surface area contributed by atoms with Crippen LogP contribution in [0.4, 0.5) is 0 Å². The van der Waals surface area contributed by atoms with Crippen molar-refractivity contribution in [2.24, 2.45) is 4.99 Å². The third kappa shape index (κ3) is 4.80. The highest BCUT2D eigenvalue weighted by Gasteiger charge is 2.31. The highest BCUT2D eigenvalue weighted by molar-refractivity contribution is 7.99. The van der Waals surface area contributed by atoms with Gasteiger partial charge in [-0.2, -0.15) is 16.9 Å². The topological polar surface area (TPSA) is 65.7 Å². The van der Waals surface area contributed by atoms with Crippen LogP contribution in [-0.2, 0) is 6.54 Å². The maximum absolute atomic E-state index is 10.5. The van der Waals surface area contributed by atoms with E-state index in [0.717, 1.165) is 41.7 Å². The highest BCUT2D eigenvalue weighted by Crippen LogP contribution is 2.27. The first-order valence-electron chi connectivity index (χ1n) is 8.98. The van der Waals surface area contributed by atoms with Gasteiger partial charge in [-0.05, 0) is 31.2 Å². The number of nitrogens with one attached hydrogen (secondary N) is 1. The molecular weight excluding hydrogens is 346 g/mol. The standard InChI is InChI=1S/C19H27N5OS/c1-3-20-18(21-14-19(25)9-10-26-15-19)23(2)12-16-11-22-24(13-16)17-7-5-4-6-8-17/h4-8,11,13,25H,3,9-10,12,14-15H2,1-2H3,(H,20,21). The minimum absolute atomic E-state index is 0.440. The van der Waals surface area contributed by atoms with Crippen molar-refractivity contribution in [3.05, 3.63) is 48.3 Å². The fourth-order valence-electron chi connectivity index (χ4n) is 2.93. The van der Waals surface area contributed by atoms with Crippen LogP contribution in [0, 0.1) is 0 Å². The zero-order valence-corrected chi connectivity index (χ0v) is 16.2. The van der Waals surface area contributed by atoms with Gasteiger partial charge in [-0.15, -0.1) is 0 Å². The van der Waals surface area contributed by atoms with E-state index >= 15 is 0 Å². The van der Waals surface area contributed by atoms with Crippen LogP contribution in [0.1, 0.15) is 18.9 Å². The van der Waals surface area contributed by atoms with Gasteiger partial charge in [0.05, 0.1) is 24.0 Å². The average Bonchev–Trinajstić information content (AvgIpc) is 3.29. The van der Waals surface area contributed by atoms with Crippen LogP contribution in [0.5, 0.6) is 0 Å². The second-order valence-electron chi connectivity index (χ2n) is 6.68. The van der Waals surface area contributed by atoms with E-state index < -0.39 is 5.60 Å². The van der Waals surface area contributed by atoms with E-state index in [1.165, 1.54) is 0 Å². The molecule has 2 heterocycles. The van der Waals surface area contributed by atoms with Gasteiger partial charge in [0.1, 0.15) is 0 Å². The van der Waals surface area contributed by atoms with E-state index in [2.05, 4.69) is 27.2 Å². The molecule has 1 unspecified atom stereocenters. The van der Waals surface area contributed by atoms with Crippen molar-refractivity contribution < 1.29 is 5.11 Å². The number of rotatable bonds is 6. The van der Waals surface area contributed by atoms with Crippen LogP contribution < -0.4 is 5.32 Å². The molecule has 2 aromatic rings. The van der Waals surface area contributed by atoms with Crippen LogP contribution in [0.15, 0.2) is 47.7 Å². The fraction of sp³-hybridized carbons (Fsp3) is 0.474. The normalized spacial score (nSPS) is 20.3. The quantitative estimate of drug-likeness (QED) is 0.600. The van der Waals surface area contributed by atoms with Crippen molar-refractivity contribution in [3.8, 4) is 5.69 Å². The molecule has 1 aliphatic rings. The third-order valence-corrected chi connectivity index (χ3v) is 5.61. The zero-order chi connectivity index (χ0) is 18.4. The Bertz CT molecular complexity index is 725. The largest absolute Gasteiger partial charge is 0.387 e. The molecule has 0 aliphatic carbocycles. The molecule has 1 atom stereocenters. The number of thioether (sulfide) groups is 1. The van der Waals surface area contributed by atoms with Crippen LogP contribution in [0.2, 0.25) is 0 Å². The molecule has 3 rings (SSSR count). The van der Waals surface area contributed by atoms with Gasteiger partial charge in [0, 0.05) is 37.7 Å². The second kappa shape index (κ2) is 8.60. The number of aliphatic hydroxyl groups is 1. The first kappa shape index (κ1) is 18.8. The number of guanidine groups is 1. The molecule has 140 valence electrons. The summed E-state index contributed by atoms with van der Waals surface area (Å²) in [5.74, 6) is 2.59. The smallest absolute Gasteiger partial charge is 0.194 e. The molecule has 7 heteroatoms. The van der Waals surface area contributed by atoms with E-state index in [0.29, 0.717) is 13.1 Å². The Morgan fingerprint density at radius 3 is 2.92 bits per heavy atom. The Hall–Kier alpha value is -1.99. The molecule has 1 saturated heterocycles. The van der Waals surface area contributed by atoms with Crippen LogP contribution in [-0.4, -0.2) is 63.0 Å². The zero-order valence-electron chi connectivity index (χ0n) is 15.4. The maximum atomic E-state index is 10.5. The molecule has 0 bridgehead atoms. The van der Waals surface area contributed by atoms with Gasteiger partial charge < -0.3 is 15.3 Å². The lowest BCUT2D eigenvalue weighted by molar-refractivity contribution is 0.0776. The van der Waals surface area contributed by atoms with Crippen molar-refractivity contribution >= 4 is 17.7 Å². The SMILES string of the molecule is CCNC(=NCC1(O)CCSC1)N(C)Cc1cnn(-c2ccccc2)c1. The fourth-order valence-corrected chi connectivity index (χ4v) is 4.21. The van der Waals surface area contributed by atoms with Gasteiger partial charge in [0.2, 0.25) is 0 Å². The first-order valence-corrected chi connectivity index (χ1v) is 10.1. The van der Waals surface area contributed by atoms with Gasteiger partial charge in [-0.3, -0.25) is 4.99 Å². The van der Waals surface area contributed by atoms with Gasteiger partial charge in [0.15, 0.2) is 5.96 Å². The summed E-state index contributed by atoms with van der Waals surface area (Å²) in [6.45, 7) is 3.98. The molecule has 1 aliphatic heterocycles. The Labute approximate surface area is 159 Å². The van der Waals surface area contributed by atoms with E-state index in [9.17, 15) is 5.11 Å². The molecule has 0 amide bonds. The van der Waals surface area contributed by atoms with Crippen molar-refractivity contribution in [1.82, 2.24) is 20.0 Å². The molecular formula is C19H27N5OS. The molecule has 1 fully saturated rings. The molecule has 0 spiro atoms. The van der Waals surface area contributed by atoms with Crippen molar-refractivity contribution in [1.29, 1.82) is 0 Å². The highest BCUT2D eigenvalue weighted by atomic mass is 32.2. The minimum atomic E-state index is -0.662. The molecule has 1 aromatic carbocycles. The van der Waals surface area contributed by atoms with Crippen molar-refractivity contribution in [2.75, 3.05) is 31.6 Å². The lowest BCUT2D eigenvalue weighted by Gasteiger charge is -2.24. The molecule has 1 aromatic heterocycles. The minimum Gasteiger partial charge on any atom is -0.387 e. The average molecular weight is 374 g/mol. The Morgan fingerprint density at radius 1 is 1.42 bits per heavy atom. The monoisotopic (exact) mass is 373 g/mol. The summed E-state index contributed by atoms with van der Waals surface area (Å²) in [5.41, 5.74) is 1.49. The van der Waals surface area contributed by atoms with Crippen molar-refractivity contribution in [2.45, 2.75) is 25.5 Å². The molecule has 2 N–H and O–H groups in total. The summed E-state index contributed by atoms with van der Waals surface area (Å²) < 4.78 is 1.88. The maximum Gasteiger partial charge on any atom is 0.194 e. The molecule has 0 radical (unpaired) electrons. The summed E-state index contributed by atoms with van der Waals surface area (Å²) >= 11 is 1.79. The third-order valence-electron chi connectivity index (χ3n) is 4.38. The van der Waals surface area contributed by atoms with Crippen molar-refractivity contribution in [3.63, 3.8) is 0 Å². The van der Waals surface area contributed by atoms with E-state index in [-0.39, 0.29) is 0 Å². The van der Waals surface area contributed by atoms with Crippen LogP contribution >= 0.6 is 11.8 Å². The number of aromatic nitrogens is 2. The number of nitrogens with zero attached hydrogens (tertiary/aromatic N) is 4. The van der Waals surface area contributed by atoms with Gasteiger partial charge in [-0.1, -0.05) is 18.2 Å². The summed E-state index contributed by atoms with van der Waals surface area (Å²) in [5, 5.41) is 18.3. The summed E-state index contributed by atoms with van der Waals surface area (Å²) in [6.07, 6.45) is 4.74. The summed E-state index contributed by atoms with van der Waals surface area (Å²) in [4.78, 5) is 6.74. The van der Waals surface area contributed by atoms with Crippen LogP contribution in [0.3, 0.4) is 0 Å². The van der Waals surface area contributed by atoms with Gasteiger partial charge in [0.25, 0.3) is 0 Å². The lowest BCUT2D eigenvalue weighted by atomic mass is 10.1. The summed E-state index contributed by atoms with van der Waals surface area (Å²) in [7, 11) is 2.01. The number of hydrogen-bond acceptors (Lipinski definition) is 4. The lowest BCUT2D eigenvalue weighted by Crippen LogP contribution is -2.40. The van der Waals surface area contributed by atoms with Gasteiger partial charge >= 0.3 is 0 Å². The van der Waals surface area contributed by atoms with Gasteiger partial charge in [-0.25, -0.2) is 4.68 Å². The predicted molar refractivity (Wildman–Crippen MR) is 108 cm³/mol. The first-order chi connectivity index (χ1) is 12.6. The van der Waals surface area contributed by atoms with E-state index in [4.69, 9.17) is 0 Å². The Kier molecular flexibility index (Phi) is 6.21. The number of hydrogen-bond donors (Lipinski definition) is 2. The molecule has 26 heavy (non-hydrogen) atoms. The Morgan fingerprint density at radius 2 is 2.23 bits per heavy atom. The molecule has 6 nitrogen and oxygen atoms in total. The summed E-state index contributed by atoms with van der Waals surface area (Å²) in [6, 6.07) is 10.1. The number of benzene rings is 1. The molecule has 0 saturated carbocycles. The number of para-hydroxylation sites is 1. The second-order valence-corrected chi connectivity index (χ2v) is 7.79. The van der Waals surface area contributed by atoms with Crippen LogP contribution in [0.25, 0.3) is 5.69 Å². The van der Waals surface area contributed by atoms with E-state index in [1.807, 2.05) is 54.5 Å². The predicted octanol–water partition coefficient (Wildman–Crippen LogP) is 2.14. The van der Waals surface area contributed by atoms with E-state index in [1.54, 1.807) is 11.8 Å².